The Kier molecular flexibility index (Phi) is 4.58. The van der Waals surface area contributed by atoms with Crippen LogP contribution in [0.4, 0.5) is 4.39 Å². The topological polar surface area (TPSA) is 44.5 Å². The van der Waals surface area contributed by atoms with Crippen molar-refractivity contribution in [2.24, 2.45) is 5.73 Å². The Morgan fingerprint density at radius 2 is 1.90 bits per heavy atom. The van der Waals surface area contributed by atoms with Gasteiger partial charge in [-0.1, -0.05) is 18.2 Å². The second-order valence-corrected chi connectivity index (χ2v) is 4.56. The van der Waals surface area contributed by atoms with Crippen LogP contribution in [0.2, 0.25) is 0 Å². The number of hydrogen-bond donors (Lipinski definition) is 1. The first-order chi connectivity index (χ1) is 9.63. The molecule has 4 heteroatoms. The summed E-state index contributed by atoms with van der Waals surface area (Å²) in [4.78, 5) is 0. The minimum absolute atomic E-state index is 0.224. The molecular formula is C16H18FNO2. The molecule has 1 atom stereocenters. The molecule has 0 amide bonds. The minimum atomic E-state index is -0.397. The predicted molar refractivity (Wildman–Crippen MR) is 76.6 cm³/mol. The van der Waals surface area contributed by atoms with Crippen LogP contribution >= 0.6 is 0 Å². The molecule has 0 aliphatic carbocycles. The van der Waals surface area contributed by atoms with Gasteiger partial charge >= 0.3 is 0 Å². The van der Waals surface area contributed by atoms with Crippen molar-refractivity contribution in [3.05, 3.63) is 59.4 Å². The van der Waals surface area contributed by atoms with Crippen LogP contribution < -0.4 is 15.2 Å². The molecule has 0 saturated heterocycles. The second-order valence-electron chi connectivity index (χ2n) is 4.56. The number of benzene rings is 2. The zero-order valence-corrected chi connectivity index (χ0v) is 11.6. The third-order valence-electron chi connectivity index (χ3n) is 3.19. The van der Waals surface area contributed by atoms with E-state index >= 15 is 0 Å². The first-order valence-corrected chi connectivity index (χ1v) is 6.36. The second kappa shape index (κ2) is 6.39. The molecule has 0 spiro atoms. The SMILES string of the molecule is COc1cccc(CC(N)c2ccc(OC)c(F)c2)c1. The summed E-state index contributed by atoms with van der Waals surface area (Å²) in [7, 11) is 3.06. The van der Waals surface area contributed by atoms with Crippen molar-refractivity contribution in [3.63, 3.8) is 0 Å². The fraction of sp³-hybridized carbons (Fsp3) is 0.250. The standard InChI is InChI=1S/C16H18FNO2/c1-19-13-5-3-4-11(8-13)9-15(18)12-6-7-16(20-2)14(17)10-12/h3-8,10,15H,9,18H2,1-2H3. The van der Waals surface area contributed by atoms with Crippen molar-refractivity contribution >= 4 is 0 Å². The van der Waals surface area contributed by atoms with Gasteiger partial charge in [-0.15, -0.1) is 0 Å². The summed E-state index contributed by atoms with van der Waals surface area (Å²) in [5.74, 6) is 0.615. The molecule has 2 N–H and O–H groups in total. The van der Waals surface area contributed by atoms with Crippen LogP contribution in [0.1, 0.15) is 17.2 Å². The van der Waals surface area contributed by atoms with Crippen LogP contribution in [-0.4, -0.2) is 14.2 Å². The highest BCUT2D eigenvalue weighted by molar-refractivity contribution is 5.33. The normalized spacial score (nSPS) is 12.0. The first kappa shape index (κ1) is 14.3. The number of halogens is 1. The maximum atomic E-state index is 13.7. The number of hydrogen-bond acceptors (Lipinski definition) is 3. The highest BCUT2D eigenvalue weighted by Crippen LogP contribution is 2.24. The predicted octanol–water partition coefficient (Wildman–Crippen LogP) is 3.09. The highest BCUT2D eigenvalue weighted by Gasteiger charge is 2.11. The van der Waals surface area contributed by atoms with Crippen LogP contribution in [0, 0.1) is 5.82 Å². The fourth-order valence-electron chi connectivity index (χ4n) is 2.08. The van der Waals surface area contributed by atoms with Crippen molar-refractivity contribution in [2.75, 3.05) is 14.2 Å². The molecule has 3 nitrogen and oxygen atoms in total. The molecule has 2 aromatic carbocycles. The van der Waals surface area contributed by atoms with E-state index in [0.29, 0.717) is 6.42 Å². The van der Waals surface area contributed by atoms with Gasteiger partial charge in [-0.2, -0.15) is 0 Å². The lowest BCUT2D eigenvalue weighted by atomic mass is 9.99. The van der Waals surface area contributed by atoms with Gasteiger partial charge in [-0.25, -0.2) is 4.39 Å². The highest BCUT2D eigenvalue weighted by atomic mass is 19.1. The zero-order valence-electron chi connectivity index (χ0n) is 11.6. The van der Waals surface area contributed by atoms with Crippen molar-refractivity contribution in [1.82, 2.24) is 0 Å². The Morgan fingerprint density at radius 3 is 2.55 bits per heavy atom. The maximum absolute atomic E-state index is 13.7. The van der Waals surface area contributed by atoms with Gasteiger partial charge in [0.2, 0.25) is 0 Å². The number of nitrogens with two attached hydrogens (primary N) is 1. The first-order valence-electron chi connectivity index (χ1n) is 6.36. The van der Waals surface area contributed by atoms with E-state index in [1.54, 1.807) is 19.2 Å². The van der Waals surface area contributed by atoms with Crippen molar-refractivity contribution in [1.29, 1.82) is 0 Å². The summed E-state index contributed by atoms with van der Waals surface area (Å²) in [6.45, 7) is 0. The van der Waals surface area contributed by atoms with Crippen molar-refractivity contribution < 1.29 is 13.9 Å². The quantitative estimate of drug-likeness (QED) is 0.912. The molecule has 0 bridgehead atoms. The Labute approximate surface area is 118 Å². The van der Waals surface area contributed by atoms with E-state index in [4.69, 9.17) is 15.2 Å². The molecule has 106 valence electrons. The van der Waals surface area contributed by atoms with Gasteiger partial charge in [-0.05, 0) is 41.8 Å². The van der Waals surface area contributed by atoms with Crippen LogP contribution in [0.3, 0.4) is 0 Å². The van der Waals surface area contributed by atoms with Crippen molar-refractivity contribution in [3.8, 4) is 11.5 Å². The summed E-state index contributed by atoms with van der Waals surface area (Å²) in [5, 5.41) is 0. The summed E-state index contributed by atoms with van der Waals surface area (Å²) in [6.07, 6.45) is 0.614. The Balaban J connectivity index is 2.14. The van der Waals surface area contributed by atoms with Gasteiger partial charge in [0.05, 0.1) is 14.2 Å². The Hall–Kier alpha value is -2.07. The van der Waals surface area contributed by atoms with Crippen LogP contribution in [0.25, 0.3) is 0 Å². The fourth-order valence-corrected chi connectivity index (χ4v) is 2.08. The summed E-state index contributed by atoms with van der Waals surface area (Å²) in [5.41, 5.74) is 7.92. The molecule has 1 unspecified atom stereocenters. The maximum Gasteiger partial charge on any atom is 0.165 e. The largest absolute Gasteiger partial charge is 0.497 e. The van der Waals surface area contributed by atoms with E-state index in [-0.39, 0.29) is 11.8 Å². The number of rotatable bonds is 5. The molecule has 0 aromatic heterocycles. The average molecular weight is 275 g/mol. The smallest absolute Gasteiger partial charge is 0.165 e. The molecule has 20 heavy (non-hydrogen) atoms. The van der Waals surface area contributed by atoms with Crippen LogP contribution in [-0.2, 0) is 6.42 Å². The molecule has 0 radical (unpaired) electrons. The number of methoxy groups -OCH3 is 2. The van der Waals surface area contributed by atoms with E-state index in [1.807, 2.05) is 24.3 Å². The van der Waals surface area contributed by atoms with E-state index < -0.39 is 5.82 Å². The summed E-state index contributed by atoms with van der Waals surface area (Å²) < 4.78 is 23.7. The monoisotopic (exact) mass is 275 g/mol. The van der Waals surface area contributed by atoms with Crippen LogP contribution in [0.15, 0.2) is 42.5 Å². The third kappa shape index (κ3) is 3.27. The lowest BCUT2D eigenvalue weighted by Gasteiger charge is -2.14. The molecular weight excluding hydrogens is 257 g/mol. The van der Waals surface area contributed by atoms with Gasteiger partial charge < -0.3 is 15.2 Å². The minimum Gasteiger partial charge on any atom is -0.497 e. The van der Waals surface area contributed by atoms with Gasteiger partial charge in [0.25, 0.3) is 0 Å². The lowest BCUT2D eigenvalue weighted by molar-refractivity contribution is 0.386. The Bertz CT molecular complexity index is 586. The molecule has 0 aliphatic heterocycles. The van der Waals surface area contributed by atoms with E-state index in [0.717, 1.165) is 16.9 Å². The van der Waals surface area contributed by atoms with E-state index in [2.05, 4.69) is 0 Å². The Morgan fingerprint density at radius 1 is 1.10 bits per heavy atom. The van der Waals surface area contributed by atoms with E-state index in [9.17, 15) is 4.39 Å². The number of ether oxygens (including phenoxy) is 2. The van der Waals surface area contributed by atoms with Gasteiger partial charge in [0, 0.05) is 6.04 Å². The molecule has 2 rings (SSSR count). The molecule has 0 aliphatic rings. The van der Waals surface area contributed by atoms with Crippen LogP contribution in [0.5, 0.6) is 11.5 Å². The molecule has 0 heterocycles. The zero-order chi connectivity index (χ0) is 14.5. The lowest BCUT2D eigenvalue weighted by Crippen LogP contribution is -2.13. The summed E-state index contributed by atoms with van der Waals surface area (Å²) >= 11 is 0. The van der Waals surface area contributed by atoms with E-state index in [1.165, 1.54) is 13.2 Å². The van der Waals surface area contributed by atoms with Gasteiger partial charge in [-0.3, -0.25) is 0 Å². The summed E-state index contributed by atoms with van der Waals surface area (Å²) in [6, 6.07) is 12.2. The van der Waals surface area contributed by atoms with Gasteiger partial charge in [0.15, 0.2) is 11.6 Å². The average Bonchev–Trinajstić information content (AvgIpc) is 2.47. The third-order valence-corrected chi connectivity index (χ3v) is 3.19. The molecule has 0 saturated carbocycles. The van der Waals surface area contributed by atoms with Gasteiger partial charge in [0.1, 0.15) is 5.75 Å². The molecule has 0 fully saturated rings. The molecule has 2 aromatic rings. The van der Waals surface area contributed by atoms with Crippen molar-refractivity contribution in [2.45, 2.75) is 12.5 Å².